The lowest BCUT2D eigenvalue weighted by molar-refractivity contribution is 0.781. The number of hydrogen-bond acceptors (Lipinski definition) is 3. The lowest BCUT2D eigenvalue weighted by Crippen LogP contribution is -1.93. The summed E-state index contributed by atoms with van der Waals surface area (Å²) in [5.41, 5.74) is 7.78. The smallest absolute Gasteiger partial charge is 0.250 e. The first-order valence-electron chi connectivity index (χ1n) is 7.96. The van der Waals surface area contributed by atoms with Crippen molar-refractivity contribution < 1.29 is 0 Å². The number of nitrogens with zero attached hydrogens (tertiary/aromatic N) is 4. The minimum atomic E-state index is 0.662. The standard InChI is InChI=1S/C19H22N4/c1-6-23-17-11-15(5)14(4)10-16(17)20-19(23)22-21-18-12(2)8-7-9-13(18)3/h7-11H,6H2,1-5H3. The van der Waals surface area contributed by atoms with Crippen LogP contribution in [0.3, 0.4) is 0 Å². The van der Waals surface area contributed by atoms with Gasteiger partial charge in [-0.1, -0.05) is 18.2 Å². The minimum absolute atomic E-state index is 0.662. The topological polar surface area (TPSA) is 42.5 Å². The van der Waals surface area contributed by atoms with Gasteiger partial charge in [0.25, 0.3) is 0 Å². The van der Waals surface area contributed by atoms with E-state index < -0.39 is 0 Å². The van der Waals surface area contributed by atoms with Crippen LogP contribution in [0.5, 0.6) is 0 Å². The zero-order chi connectivity index (χ0) is 16.6. The average molecular weight is 306 g/mol. The Morgan fingerprint density at radius 3 is 2.22 bits per heavy atom. The maximum Gasteiger partial charge on any atom is 0.250 e. The molecule has 2 aromatic carbocycles. The molecule has 4 nitrogen and oxygen atoms in total. The van der Waals surface area contributed by atoms with Crippen molar-refractivity contribution in [2.24, 2.45) is 10.2 Å². The molecule has 0 N–H and O–H groups in total. The van der Waals surface area contributed by atoms with Crippen LogP contribution in [-0.2, 0) is 6.54 Å². The van der Waals surface area contributed by atoms with Gasteiger partial charge in [-0.2, -0.15) is 0 Å². The molecule has 0 aliphatic rings. The van der Waals surface area contributed by atoms with E-state index in [0.29, 0.717) is 5.95 Å². The molecule has 118 valence electrons. The highest BCUT2D eigenvalue weighted by Gasteiger charge is 2.11. The quantitative estimate of drug-likeness (QED) is 0.572. The van der Waals surface area contributed by atoms with Gasteiger partial charge in [0.05, 0.1) is 16.7 Å². The second-order valence-corrected chi connectivity index (χ2v) is 6.02. The Labute approximate surface area is 136 Å². The molecular weight excluding hydrogens is 284 g/mol. The number of aromatic nitrogens is 2. The van der Waals surface area contributed by atoms with Gasteiger partial charge in [0.2, 0.25) is 5.95 Å². The molecule has 0 unspecified atom stereocenters. The maximum absolute atomic E-state index is 4.66. The largest absolute Gasteiger partial charge is 0.307 e. The highest BCUT2D eigenvalue weighted by atomic mass is 15.3. The van der Waals surface area contributed by atoms with Crippen LogP contribution >= 0.6 is 0 Å². The molecule has 0 bridgehead atoms. The van der Waals surface area contributed by atoms with Crippen molar-refractivity contribution in [2.75, 3.05) is 0 Å². The normalized spacial score (nSPS) is 11.7. The molecular formula is C19H22N4. The van der Waals surface area contributed by atoms with E-state index in [1.165, 1.54) is 11.1 Å². The molecule has 0 radical (unpaired) electrons. The van der Waals surface area contributed by atoms with Crippen LogP contribution in [0.15, 0.2) is 40.6 Å². The maximum atomic E-state index is 4.66. The summed E-state index contributed by atoms with van der Waals surface area (Å²) < 4.78 is 2.11. The molecule has 0 saturated carbocycles. The van der Waals surface area contributed by atoms with Crippen LogP contribution in [0.1, 0.15) is 29.2 Å². The van der Waals surface area contributed by atoms with Gasteiger partial charge in [0.1, 0.15) is 0 Å². The number of fused-ring (bicyclic) bond motifs is 1. The fraction of sp³-hybridized carbons (Fsp3) is 0.316. The average Bonchev–Trinajstić information content (AvgIpc) is 2.84. The predicted octanol–water partition coefficient (Wildman–Crippen LogP) is 5.71. The van der Waals surface area contributed by atoms with Crippen LogP contribution in [0, 0.1) is 27.7 Å². The van der Waals surface area contributed by atoms with Gasteiger partial charge in [-0.3, -0.25) is 0 Å². The fourth-order valence-electron chi connectivity index (χ4n) is 2.81. The van der Waals surface area contributed by atoms with Gasteiger partial charge < -0.3 is 4.57 Å². The van der Waals surface area contributed by atoms with E-state index in [2.05, 4.69) is 78.7 Å². The van der Waals surface area contributed by atoms with Crippen molar-refractivity contribution in [1.29, 1.82) is 0 Å². The van der Waals surface area contributed by atoms with E-state index in [0.717, 1.165) is 34.4 Å². The molecule has 3 rings (SSSR count). The summed E-state index contributed by atoms with van der Waals surface area (Å²) in [6.45, 7) is 11.3. The van der Waals surface area contributed by atoms with Crippen molar-refractivity contribution in [1.82, 2.24) is 9.55 Å². The summed E-state index contributed by atoms with van der Waals surface area (Å²) in [5.74, 6) is 0.662. The molecule has 0 spiro atoms. The Balaban J connectivity index is 2.11. The molecule has 0 fully saturated rings. The van der Waals surface area contributed by atoms with Crippen LogP contribution < -0.4 is 0 Å². The summed E-state index contributed by atoms with van der Waals surface area (Å²) in [6.07, 6.45) is 0. The molecule has 0 saturated heterocycles. The fourth-order valence-corrected chi connectivity index (χ4v) is 2.81. The van der Waals surface area contributed by atoms with Gasteiger partial charge in [-0.05, 0) is 69.0 Å². The molecule has 1 heterocycles. The Morgan fingerprint density at radius 2 is 1.57 bits per heavy atom. The number of azo groups is 1. The monoisotopic (exact) mass is 306 g/mol. The summed E-state index contributed by atoms with van der Waals surface area (Å²) in [6, 6.07) is 10.4. The summed E-state index contributed by atoms with van der Waals surface area (Å²) in [7, 11) is 0. The molecule has 4 heteroatoms. The number of hydrogen-bond donors (Lipinski definition) is 0. The number of imidazole rings is 1. The zero-order valence-corrected chi connectivity index (χ0v) is 14.4. The SMILES string of the molecule is CCn1c(N=Nc2c(C)cccc2C)nc2cc(C)c(C)cc21. The van der Waals surface area contributed by atoms with Crippen molar-refractivity contribution in [3.8, 4) is 0 Å². The summed E-state index contributed by atoms with van der Waals surface area (Å²) in [4.78, 5) is 4.66. The molecule has 0 aliphatic heterocycles. The van der Waals surface area contributed by atoms with Crippen LogP contribution in [0.25, 0.3) is 11.0 Å². The predicted molar refractivity (Wildman–Crippen MR) is 95.0 cm³/mol. The molecule has 23 heavy (non-hydrogen) atoms. The Bertz CT molecular complexity index is 883. The van der Waals surface area contributed by atoms with Gasteiger partial charge in [0, 0.05) is 6.54 Å². The molecule has 0 amide bonds. The van der Waals surface area contributed by atoms with Gasteiger partial charge in [0.15, 0.2) is 0 Å². The van der Waals surface area contributed by atoms with E-state index in [4.69, 9.17) is 0 Å². The lowest BCUT2D eigenvalue weighted by Gasteiger charge is -2.04. The van der Waals surface area contributed by atoms with Crippen molar-refractivity contribution in [3.05, 3.63) is 52.6 Å². The third-order valence-corrected chi connectivity index (χ3v) is 4.34. The van der Waals surface area contributed by atoms with E-state index >= 15 is 0 Å². The van der Waals surface area contributed by atoms with Crippen molar-refractivity contribution in [3.63, 3.8) is 0 Å². The second-order valence-electron chi connectivity index (χ2n) is 6.02. The highest BCUT2D eigenvalue weighted by molar-refractivity contribution is 5.80. The van der Waals surface area contributed by atoms with Gasteiger partial charge in [-0.25, -0.2) is 4.98 Å². The summed E-state index contributed by atoms with van der Waals surface area (Å²) >= 11 is 0. The second kappa shape index (κ2) is 5.95. The van der Waals surface area contributed by atoms with Crippen LogP contribution in [0.2, 0.25) is 0 Å². The number of aryl methyl sites for hydroxylation is 5. The van der Waals surface area contributed by atoms with Crippen LogP contribution in [0.4, 0.5) is 11.6 Å². The highest BCUT2D eigenvalue weighted by Crippen LogP contribution is 2.28. The first kappa shape index (κ1) is 15.4. The lowest BCUT2D eigenvalue weighted by atomic mass is 10.1. The van der Waals surface area contributed by atoms with Crippen molar-refractivity contribution in [2.45, 2.75) is 41.2 Å². The van der Waals surface area contributed by atoms with E-state index in [1.807, 2.05) is 6.07 Å². The number of benzene rings is 2. The zero-order valence-electron chi connectivity index (χ0n) is 14.4. The molecule has 3 aromatic rings. The van der Waals surface area contributed by atoms with Gasteiger partial charge >= 0.3 is 0 Å². The molecule has 0 aliphatic carbocycles. The first-order valence-corrected chi connectivity index (χ1v) is 7.96. The van der Waals surface area contributed by atoms with Crippen LogP contribution in [-0.4, -0.2) is 9.55 Å². The Hall–Kier alpha value is -2.49. The summed E-state index contributed by atoms with van der Waals surface area (Å²) in [5, 5.41) is 8.91. The van der Waals surface area contributed by atoms with Crippen molar-refractivity contribution >= 4 is 22.7 Å². The molecule has 0 atom stereocenters. The molecule has 1 aromatic heterocycles. The third-order valence-electron chi connectivity index (χ3n) is 4.34. The van der Waals surface area contributed by atoms with Gasteiger partial charge in [-0.15, -0.1) is 10.2 Å². The van der Waals surface area contributed by atoms with E-state index in [9.17, 15) is 0 Å². The van der Waals surface area contributed by atoms with E-state index in [1.54, 1.807) is 0 Å². The number of rotatable bonds is 3. The Kier molecular flexibility index (Phi) is 3.99. The minimum Gasteiger partial charge on any atom is -0.307 e. The van der Waals surface area contributed by atoms with E-state index in [-0.39, 0.29) is 0 Å². The third kappa shape index (κ3) is 2.77. The first-order chi connectivity index (χ1) is 11.0. The Morgan fingerprint density at radius 1 is 0.913 bits per heavy atom.